The maximum atomic E-state index is 9.69. The van der Waals surface area contributed by atoms with Crippen molar-refractivity contribution in [3.05, 3.63) is 29.8 Å². The van der Waals surface area contributed by atoms with Crippen LogP contribution in [0.15, 0.2) is 24.3 Å². The van der Waals surface area contributed by atoms with Gasteiger partial charge >= 0.3 is 0 Å². The fourth-order valence-corrected chi connectivity index (χ4v) is 2.29. The Morgan fingerprint density at radius 2 is 2.00 bits per heavy atom. The Labute approximate surface area is 103 Å². The summed E-state index contributed by atoms with van der Waals surface area (Å²) in [5.41, 5.74) is 1.97. The predicted molar refractivity (Wildman–Crippen MR) is 69.2 cm³/mol. The summed E-state index contributed by atoms with van der Waals surface area (Å²) in [6.07, 6.45) is 2.34. The van der Waals surface area contributed by atoms with E-state index in [0.717, 1.165) is 5.69 Å². The number of anilines is 1. The smallest absolute Gasteiger partial charge is 0.0865 e. The predicted octanol–water partition coefficient (Wildman–Crippen LogP) is 2.19. The van der Waals surface area contributed by atoms with Crippen LogP contribution < -0.4 is 5.32 Å². The average molecular weight is 235 g/mol. The number of ether oxygens (including phenoxy) is 1. The maximum absolute atomic E-state index is 9.69. The molecule has 0 aliphatic heterocycles. The average Bonchev–Trinajstić information content (AvgIpc) is 3.16. The number of hydrogen-bond donors (Lipinski definition) is 2. The van der Waals surface area contributed by atoms with Gasteiger partial charge in [0.1, 0.15) is 0 Å². The summed E-state index contributed by atoms with van der Waals surface area (Å²) in [4.78, 5) is 0. The van der Waals surface area contributed by atoms with E-state index in [1.54, 1.807) is 7.11 Å². The van der Waals surface area contributed by atoms with Crippen molar-refractivity contribution in [1.82, 2.24) is 0 Å². The van der Waals surface area contributed by atoms with Gasteiger partial charge < -0.3 is 15.2 Å². The van der Waals surface area contributed by atoms with Gasteiger partial charge in [0.25, 0.3) is 0 Å². The molecule has 17 heavy (non-hydrogen) atoms. The number of nitrogens with one attached hydrogen (secondary N) is 1. The van der Waals surface area contributed by atoms with Crippen molar-refractivity contribution in [1.29, 1.82) is 0 Å². The highest BCUT2D eigenvalue weighted by molar-refractivity contribution is 5.47. The van der Waals surface area contributed by atoms with Gasteiger partial charge in [-0.15, -0.1) is 0 Å². The van der Waals surface area contributed by atoms with E-state index in [1.807, 2.05) is 0 Å². The highest BCUT2D eigenvalue weighted by Crippen LogP contribution is 2.41. The lowest BCUT2D eigenvalue weighted by Gasteiger charge is -2.33. The van der Waals surface area contributed by atoms with Crippen molar-refractivity contribution in [2.45, 2.75) is 25.3 Å². The lowest BCUT2D eigenvalue weighted by Crippen LogP contribution is -2.48. The molecule has 1 unspecified atom stereocenters. The molecular formula is C14H21NO2. The molecule has 1 aliphatic rings. The first-order valence-corrected chi connectivity index (χ1v) is 6.15. The highest BCUT2D eigenvalue weighted by atomic mass is 16.5. The molecule has 0 saturated heterocycles. The van der Waals surface area contributed by atoms with Crippen molar-refractivity contribution in [2.75, 3.05) is 25.6 Å². The molecule has 0 radical (unpaired) electrons. The third-order valence-corrected chi connectivity index (χ3v) is 3.49. The molecule has 1 saturated carbocycles. The van der Waals surface area contributed by atoms with Gasteiger partial charge in [0.15, 0.2) is 0 Å². The molecule has 0 heterocycles. The summed E-state index contributed by atoms with van der Waals surface area (Å²) < 4.78 is 5.27. The largest absolute Gasteiger partial charge is 0.394 e. The minimum atomic E-state index is -0.315. The molecule has 1 aromatic rings. The molecule has 1 aromatic carbocycles. The first-order valence-electron chi connectivity index (χ1n) is 6.15. The summed E-state index contributed by atoms with van der Waals surface area (Å²) in [5.74, 6) is 0.522. The van der Waals surface area contributed by atoms with Gasteiger partial charge in [0, 0.05) is 12.8 Å². The van der Waals surface area contributed by atoms with Gasteiger partial charge in [0.2, 0.25) is 0 Å². The lowest BCUT2D eigenvalue weighted by atomic mass is 9.94. The first-order chi connectivity index (χ1) is 8.20. The number of aryl methyl sites for hydroxylation is 1. The third-order valence-electron chi connectivity index (χ3n) is 3.49. The molecule has 3 heteroatoms. The van der Waals surface area contributed by atoms with E-state index >= 15 is 0 Å². The Kier molecular flexibility index (Phi) is 3.69. The van der Waals surface area contributed by atoms with Crippen LogP contribution in [0.25, 0.3) is 0 Å². The van der Waals surface area contributed by atoms with E-state index in [-0.39, 0.29) is 12.1 Å². The summed E-state index contributed by atoms with van der Waals surface area (Å²) in [6.45, 7) is 2.72. The number of hydrogen-bond acceptors (Lipinski definition) is 3. The fourth-order valence-electron chi connectivity index (χ4n) is 2.29. The van der Waals surface area contributed by atoms with Gasteiger partial charge in [-0.1, -0.05) is 17.7 Å². The summed E-state index contributed by atoms with van der Waals surface area (Å²) >= 11 is 0. The van der Waals surface area contributed by atoms with E-state index in [0.29, 0.717) is 12.5 Å². The van der Waals surface area contributed by atoms with Crippen molar-refractivity contribution < 1.29 is 9.84 Å². The van der Waals surface area contributed by atoms with Crippen LogP contribution in [0.3, 0.4) is 0 Å². The Balaban J connectivity index is 2.13. The second-order valence-electron chi connectivity index (χ2n) is 5.01. The number of aliphatic hydroxyl groups excluding tert-OH is 1. The van der Waals surface area contributed by atoms with E-state index in [9.17, 15) is 5.11 Å². The van der Waals surface area contributed by atoms with Crippen LogP contribution in [0.4, 0.5) is 5.69 Å². The summed E-state index contributed by atoms with van der Waals surface area (Å²) in [6, 6.07) is 8.25. The van der Waals surface area contributed by atoms with Gasteiger partial charge in [-0.2, -0.15) is 0 Å². The molecule has 0 aromatic heterocycles. The van der Waals surface area contributed by atoms with Gasteiger partial charge in [-0.3, -0.25) is 0 Å². The number of methoxy groups -OCH3 is 1. The normalized spacial score (nSPS) is 18.8. The Morgan fingerprint density at radius 3 is 2.47 bits per heavy atom. The SMILES string of the molecule is COCC(CO)(Nc1ccc(C)cc1)C1CC1. The zero-order chi connectivity index (χ0) is 12.3. The molecule has 0 spiro atoms. The number of rotatable bonds is 6. The highest BCUT2D eigenvalue weighted by Gasteiger charge is 2.45. The van der Waals surface area contributed by atoms with Crippen molar-refractivity contribution >= 4 is 5.69 Å². The van der Waals surface area contributed by atoms with Gasteiger partial charge in [-0.25, -0.2) is 0 Å². The molecule has 1 fully saturated rings. The lowest BCUT2D eigenvalue weighted by molar-refractivity contribution is 0.0862. The van der Waals surface area contributed by atoms with Crippen LogP contribution in [0.1, 0.15) is 18.4 Å². The second-order valence-corrected chi connectivity index (χ2v) is 5.01. The molecule has 1 atom stereocenters. The van der Waals surface area contributed by atoms with E-state index in [4.69, 9.17) is 4.74 Å². The quantitative estimate of drug-likeness (QED) is 0.794. The maximum Gasteiger partial charge on any atom is 0.0865 e. The molecule has 2 N–H and O–H groups in total. The van der Waals surface area contributed by atoms with Gasteiger partial charge in [-0.05, 0) is 37.8 Å². The topological polar surface area (TPSA) is 41.5 Å². The first kappa shape index (κ1) is 12.4. The molecular weight excluding hydrogens is 214 g/mol. The molecule has 0 amide bonds. The Bertz CT molecular complexity index is 359. The molecule has 1 aliphatic carbocycles. The minimum absolute atomic E-state index is 0.110. The number of aliphatic hydroxyl groups is 1. The molecule has 2 rings (SSSR count). The third kappa shape index (κ3) is 2.79. The van der Waals surface area contributed by atoms with E-state index < -0.39 is 0 Å². The number of benzene rings is 1. The van der Waals surface area contributed by atoms with Crippen LogP contribution in [0.5, 0.6) is 0 Å². The minimum Gasteiger partial charge on any atom is -0.394 e. The summed E-state index contributed by atoms with van der Waals surface area (Å²) in [5, 5.41) is 13.1. The van der Waals surface area contributed by atoms with Crippen LogP contribution in [0, 0.1) is 12.8 Å². The fraction of sp³-hybridized carbons (Fsp3) is 0.571. The van der Waals surface area contributed by atoms with Crippen LogP contribution in [-0.4, -0.2) is 31.0 Å². The van der Waals surface area contributed by atoms with E-state index in [1.165, 1.54) is 18.4 Å². The zero-order valence-electron chi connectivity index (χ0n) is 10.6. The van der Waals surface area contributed by atoms with Crippen LogP contribution in [-0.2, 0) is 4.74 Å². The monoisotopic (exact) mass is 235 g/mol. The second kappa shape index (κ2) is 5.07. The molecule has 3 nitrogen and oxygen atoms in total. The Hall–Kier alpha value is -1.06. The van der Waals surface area contributed by atoms with Crippen LogP contribution >= 0.6 is 0 Å². The van der Waals surface area contributed by atoms with Gasteiger partial charge in [0.05, 0.1) is 18.8 Å². The standard InChI is InChI=1S/C14H21NO2/c1-11-3-7-13(8-4-11)15-14(9-16,10-17-2)12-5-6-12/h3-4,7-8,12,15-16H,5-6,9-10H2,1-2H3. The zero-order valence-corrected chi connectivity index (χ0v) is 10.6. The van der Waals surface area contributed by atoms with Crippen molar-refractivity contribution in [3.8, 4) is 0 Å². The molecule has 0 bridgehead atoms. The molecule has 94 valence electrons. The Morgan fingerprint density at radius 1 is 1.35 bits per heavy atom. The van der Waals surface area contributed by atoms with Crippen molar-refractivity contribution in [3.63, 3.8) is 0 Å². The summed E-state index contributed by atoms with van der Waals surface area (Å²) in [7, 11) is 1.68. The van der Waals surface area contributed by atoms with Crippen molar-refractivity contribution in [2.24, 2.45) is 5.92 Å². The van der Waals surface area contributed by atoms with Crippen LogP contribution in [0.2, 0.25) is 0 Å². The van der Waals surface area contributed by atoms with E-state index in [2.05, 4.69) is 36.5 Å².